The van der Waals surface area contributed by atoms with Crippen LogP contribution in [0, 0.1) is 19.3 Å². The number of rotatable bonds is 4. The third kappa shape index (κ3) is 3.56. The summed E-state index contributed by atoms with van der Waals surface area (Å²) in [4.78, 5) is 29.4. The summed E-state index contributed by atoms with van der Waals surface area (Å²) in [6.45, 7) is 7.15. The summed E-state index contributed by atoms with van der Waals surface area (Å²) in [6, 6.07) is 5.79. The lowest BCUT2D eigenvalue weighted by atomic mass is 9.78. The molecule has 1 aromatic rings. The Balaban J connectivity index is 1.66. The van der Waals surface area contributed by atoms with Gasteiger partial charge >= 0.3 is 6.03 Å². The lowest BCUT2D eigenvalue weighted by Gasteiger charge is -2.39. The molecule has 1 atom stereocenters. The first-order valence-corrected chi connectivity index (χ1v) is 9.37. The van der Waals surface area contributed by atoms with Crippen molar-refractivity contribution >= 4 is 17.6 Å². The van der Waals surface area contributed by atoms with Gasteiger partial charge in [-0.3, -0.25) is 4.79 Å². The van der Waals surface area contributed by atoms with Crippen molar-refractivity contribution in [3.05, 3.63) is 29.3 Å². The minimum absolute atomic E-state index is 0.114. The van der Waals surface area contributed by atoms with E-state index in [4.69, 9.17) is 4.74 Å². The maximum absolute atomic E-state index is 13.0. The standard InChI is InChI=1S/C20H29N3O3/c1-15-6-4-7-17(16(15)2)21-19(25)23-11-9-20(14-23)8-5-10-22(18(20)24)12-13-26-3/h4,6-7H,5,8-14H2,1-3H3,(H,21,25). The summed E-state index contributed by atoms with van der Waals surface area (Å²) in [6.07, 6.45) is 2.60. The van der Waals surface area contributed by atoms with Gasteiger partial charge in [0.05, 0.1) is 12.0 Å². The van der Waals surface area contributed by atoms with Crippen LogP contribution in [0.1, 0.15) is 30.4 Å². The third-order valence-electron chi connectivity index (χ3n) is 5.88. The van der Waals surface area contributed by atoms with Gasteiger partial charge in [-0.1, -0.05) is 12.1 Å². The quantitative estimate of drug-likeness (QED) is 0.899. The molecule has 0 aliphatic carbocycles. The van der Waals surface area contributed by atoms with Crippen molar-refractivity contribution in [1.82, 2.24) is 9.80 Å². The lowest BCUT2D eigenvalue weighted by Crippen LogP contribution is -2.51. The maximum atomic E-state index is 13.0. The highest BCUT2D eigenvalue weighted by molar-refractivity contribution is 5.92. The first-order valence-electron chi connectivity index (χ1n) is 9.37. The smallest absolute Gasteiger partial charge is 0.321 e. The number of aryl methyl sites for hydroxylation is 1. The number of ether oxygens (including phenoxy) is 1. The third-order valence-corrected chi connectivity index (χ3v) is 5.88. The molecule has 0 saturated carbocycles. The molecule has 2 heterocycles. The van der Waals surface area contributed by atoms with Gasteiger partial charge in [-0.05, 0) is 50.3 Å². The number of carbonyl (C=O) groups excluding carboxylic acids is 2. The van der Waals surface area contributed by atoms with Gasteiger partial charge < -0.3 is 19.9 Å². The number of amides is 3. The number of hydrogen-bond donors (Lipinski definition) is 1. The number of carbonyl (C=O) groups is 2. The van der Waals surface area contributed by atoms with Crippen molar-refractivity contribution in [3.63, 3.8) is 0 Å². The van der Waals surface area contributed by atoms with Crippen molar-refractivity contribution in [1.29, 1.82) is 0 Å². The number of hydrogen-bond acceptors (Lipinski definition) is 3. The molecule has 0 radical (unpaired) electrons. The number of benzene rings is 1. The van der Waals surface area contributed by atoms with Crippen LogP contribution < -0.4 is 5.32 Å². The Kier molecular flexibility index (Phi) is 5.51. The van der Waals surface area contributed by atoms with Gasteiger partial charge in [0.1, 0.15) is 0 Å². The van der Waals surface area contributed by atoms with E-state index in [0.29, 0.717) is 26.2 Å². The number of likely N-dealkylation sites (tertiary alicyclic amines) is 2. The zero-order valence-corrected chi connectivity index (χ0v) is 16.0. The van der Waals surface area contributed by atoms with E-state index in [1.807, 2.05) is 36.9 Å². The average molecular weight is 359 g/mol. The van der Waals surface area contributed by atoms with E-state index in [1.165, 1.54) is 0 Å². The molecule has 3 rings (SSSR count). The molecule has 2 saturated heterocycles. The Bertz CT molecular complexity index is 691. The molecule has 6 nitrogen and oxygen atoms in total. The van der Waals surface area contributed by atoms with Crippen LogP contribution in [0.4, 0.5) is 10.5 Å². The maximum Gasteiger partial charge on any atom is 0.321 e. The van der Waals surface area contributed by atoms with Gasteiger partial charge in [-0.25, -0.2) is 4.79 Å². The van der Waals surface area contributed by atoms with Crippen LogP contribution in [0.5, 0.6) is 0 Å². The molecule has 2 aliphatic rings. The molecular weight excluding hydrogens is 330 g/mol. The van der Waals surface area contributed by atoms with Crippen LogP contribution in [-0.2, 0) is 9.53 Å². The highest BCUT2D eigenvalue weighted by atomic mass is 16.5. The van der Waals surface area contributed by atoms with Gasteiger partial charge in [-0.2, -0.15) is 0 Å². The SMILES string of the molecule is COCCN1CCCC2(CCN(C(=O)Nc3cccc(C)c3C)C2)C1=O. The van der Waals surface area contributed by atoms with Crippen molar-refractivity contribution in [3.8, 4) is 0 Å². The Labute approximate surface area is 155 Å². The fraction of sp³-hybridized carbons (Fsp3) is 0.600. The molecule has 6 heteroatoms. The van der Waals surface area contributed by atoms with Crippen LogP contribution in [0.2, 0.25) is 0 Å². The van der Waals surface area contributed by atoms with Crippen molar-refractivity contribution < 1.29 is 14.3 Å². The Hall–Kier alpha value is -2.08. The second kappa shape index (κ2) is 7.66. The van der Waals surface area contributed by atoms with Crippen LogP contribution in [0.3, 0.4) is 0 Å². The summed E-state index contributed by atoms with van der Waals surface area (Å²) in [5, 5.41) is 3.02. The molecule has 1 N–H and O–H groups in total. The summed E-state index contributed by atoms with van der Waals surface area (Å²) in [5.74, 6) is 0.183. The van der Waals surface area contributed by atoms with Crippen molar-refractivity contribution in [2.45, 2.75) is 33.1 Å². The fourth-order valence-electron chi connectivity index (χ4n) is 4.07. The summed E-state index contributed by atoms with van der Waals surface area (Å²) in [7, 11) is 1.65. The molecule has 1 unspecified atom stereocenters. The predicted molar refractivity (Wildman–Crippen MR) is 101 cm³/mol. The topological polar surface area (TPSA) is 61.9 Å². The molecule has 1 spiro atoms. The van der Waals surface area contributed by atoms with E-state index in [2.05, 4.69) is 5.32 Å². The molecular formula is C20H29N3O3. The first-order chi connectivity index (χ1) is 12.5. The Morgan fingerprint density at radius 3 is 2.85 bits per heavy atom. The molecule has 0 bridgehead atoms. The minimum atomic E-state index is -0.412. The monoisotopic (exact) mass is 359 g/mol. The minimum Gasteiger partial charge on any atom is -0.383 e. The zero-order valence-electron chi connectivity index (χ0n) is 16.0. The number of anilines is 1. The molecule has 1 aromatic carbocycles. The molecule has 26 heavy (non-hydrogen) atoms. The Morgan fingerprint density at radius 1 is 1.27 bits per heavy atom. The van der Waals surface area contributed by atoms with Gasteiger partial charge in [0.25, 0.3) is 0 Å². The van der Waals surface area contributed by atoms with Crippen LogP contribution in [-0.4, -0.2) is 61.6 Å². The number of nitrogens with zero attached hydrogens (tertiary/aromatic N) is 2. The second-order valence-corrected chi connectivity index (χ2v) is 7.52. The Morgan fingerprint density at radius 2 is 2.08 bits per heavy atom. The molecule has 142 valence electrons. The van der Waals surface area contributed by atoms with Gasteiger partial charge in [0, 0.05) is 39.0 Å². The lowest BCUT2D eigenvalue weighted by molar-refractivity contribution is -0.146. The normalized spacial score (nSPS) is 23.0. The molecule has 2 aliphatic heterocycles. The molecule has 2 fully saturated rings. The van der Waals surface area contributed by atoms with E-state index in [0.717, 1.165) is 42.6 Å². The van der Waals surface area contributed by atoms with Gasteiger partial charge in [0.2, 0.25) is 5.91 Å². The van der Waals surface area contributed by atoms with E-state index in [1.54, 1.807) is 12.0 Å². The molecule has 0 aromatic heterocycles. The van der Waals surface area contributed by atoms with Crippen LogP contribution in [0.15, 0.2) is 18.2 Å². The van der Waals surface area contributed by atoms with Crippen LogP contribution >= 0.6 is 0 Å². The van der Waals surface area contributed by atoms with E-state index >= 15 is 0 Å². The van der Waals surface area contributed by atoms with E-state index < -0.39 is 5.41 Å². The van der Waals surface area contributed by atoms with Crippen molar-refractivity contribution in [2.75, 3.05) is 45.2 Å². The summed E-state index contributed by atoms with van der Waals surface area (Å²) >= 11 is 0. The van der Waals surface area contributed by atoms with E-state index in [9.17, 15) is 9.59 Å². The largest absolute Gasteiger partial charge is 0.383 e. The van der Waals surface area contributed by atoms with Gasteiger partial charge in [-0.15, -0.1) is 0 Å². The zero-order chi connectivity index (χ0) is 18.7. The fourth-order valence-corrected chi connectivity index (χ4v) is 4.07. The summed E-state index contributed by atoms with van der Waals surface area (Å²) in [5.41, 5.74) is 2.66. The van der Waals surface area contributed by atoms with Gasteiger partial charge in [0.15, 0.2) is 0 Å². The number of methoxy groups -OCH3 is 1. The predicted octanol–water partition coefficient (Wildman–Crippen LogP) is 2.80. The van der Waals surface area contributed by atoms with Crippen molar-refractivity contribution in [2.24, 2.45) is 5.41 Å². The number of urea groups is 1. The first kappa shape index (κ1) is 18.7. The average Bonchev–Trinajstić information content (AvgIpc) is 3.06. The highest BCUT2D eigenvalue weighted by Gasteiger charge is 2.49. The number of piperidine rings is 1. The van der Waals surface area contributed by atoms with E-state index in [-0.39, 0.29) is 11.9 Å². The highest BCUT2D eigenvalue weighted by Crippen LogP contribution is 2.40. The van der Waals surface area contributed by atoms with Crippen LogP contribution in [0.25, 0.3) is 0 Å². The number of nitrogens with one attached hydrogen (secondary N) is 1. The molecule has 3 amide bonds. The second-order valence-electron chi connectivity index (χ2n) is 7.52. The summed E-state index contributed by atoms with van der Waals surface area (Å²) < 4.78 is 5.12.